The molecule has 25 heavy (non-hydrogen) atoms. The van der Waals surface area contributed by atoms with Gasteiger partial charge in [-0.25, -0.2) is 9.78 Å². The first-order valence-corrected chi connectivity index (χ1v) is 8.37. The Kier molecular flexibility index (Phi) is 5.06. The topological polar surface area (TPSA) is 61.2 Å². The van der Waals surface area contributed by atoms with E-state index < -0.39 is 5.97 Å². The second kappa shape index (κ2) is 7.25. The summed E-state index contributed by atoms with van der Waals surface area (Å²) in [6.45, 7) is 1.98. The molecule has 7 heteroatoms. The number of aromatic nitrogens is 2. The Labute approximate surface area is 154 Å². The number of rotatable bonds is 4. The van der Waals surface area contributed by atoms with Gasteiger partial charge >= 0.3 is 5.97 Å². The van der Waals surface area contributed by atoms with Gasteiger partial charge in [-0.1, -0.05) is 29.3 Å². The number of benzene rings is 1. The minimum Gasteiger partial charge on any atom is -0.462 e. The largest absolute Gasteiger partial charge is 0.462 e. The zero-order valence-electron chi connectivity index (χ0n) is 13.3. The number of pyridine rings is 1. The second-order valence-electron chi connectivity index (χ2n) is 5.31. The third-order valence-corrected chi connectivity index (χ3v) is 4.27. The molecule has 0 aliphatic rings. The molecule has 0 saturated carbocycles. The maximum atomic E-state index is 12.7. The van der Waals surface area contributed by atoms with E-state index in [-0.39, 0.29) is 18.9 Å². The lowest BCUT2D eigenvalue weighted by molar-refractivity contribution is 0.0528. The lowest BCUT2D eigenvalue weighted by Gasteiger charge is -2.06. The van der Waals surface area contributed by atoms with E-state index in [9.17, 15) is 9.59 Å². The molecule has 128 valence electrons. The van der Waals surface area contributed by atoms with Gasteiger partial charge in [-0.15, -0.1) is 0 Å². The summed E-state index contributed by atoms with van der Waals surface area (Å²) in [7, 11) is 0. The van der Waals surface area contributed by atoms with Crippen LogP contribution in [0.1, 0.15) is 27.6 Å². The molecule has 0 radical (unpaired) electrons. The van der Waals surface area contributed by atoms with Crippen molar-refractivity contribution in [1.29, 1.82) is 0 Å². The van der Waals surface area contributed by atoms with Crippen molar-refractivity contribution in [3.63, 3.8) is 0 Å². The van der Waals surface area contributed by atoms with E-state index in [0.717, 1.165) is 0 Å². The van der Waals surface area contributed by atoms with E-state index in [0.29, 0.717) is 32.2 Å². The number of hydrogen-bond acceptors (Lipinski definition) is 4. The lowest BCUT2D eigenvalue weighted by atomic mass is 10.1. The Morgan fingerprint density at radius 2 is 2.04 bits per heavy atom. The molecule has 0 atom stereocenters. The van der Waals surface area contributed by atoms with E-state index >= 15 is 0 Å². The maximum Gasteiger partial charge on any atom is 0.340 e. The van der Waals surface area contributed by atoms with Gasteiger partial charge < -0.3 is 4.74 Å². The van der Waals surface area contributed by atoms with Crippen molar-refractivity contribution in [1.82, 2.24) is 9.55 Å². The van der Waals surface area contributed by atoms with Gasteiger partial charge in [0.1, 0.15) is 5.65 Å². The Morgan fingerprint density at radius 3 is 2.76 bits per heavy atom. The molecule has 0 aliphatic carbocycles. The fraction of sp³-hybridized carbons (Fsp3) is 0.167. The first-order valence-electron chi connectivity index (χ1n) is 7.61. The van der Waals surface area contributed by atoms with Crippen molar-refractivity contribution in [2.45, 2.75) is 13.3 Å². The van der Waals surface area contributed by atoms with Gasteiger partial charge in [0, 0.05) is 27.8 Å². The smallest absolute Gasteiger partial charge is 0.340 e. The van der Waals surface area contributed by atoms with E-state index in [1.54, 1.807) is 43.5 Å². The van der Waals surface area contributed by atoms with E-state index in [1.165, 1.54) is 10.8 Å². The summed E-state index contributed by atoms with van der Waals surface area (Å²) in [5.74, 6) is -0.750. The van der Waals surface area contributed by atoms with Gasteiger partial charge in [0.05, 0.1) is 18.6 Å². The van der Waals surface area contributed by atoms with Gasteiger partial charge in [0.25, 0.3) is 0 Å². The monoisotopic (exact) mass is 376 g/mol. The van der Waals surface area contributed by atoms with Crippen LogP contribution in [-0.2, 0) is 11.2 Å². The number of esters is 1. The molecule has 1 aromatic carbocycles. The predicted octanol–water partition coefficient (Wildman–Crippen LogP) is 4.40. The molecule has 5 nitrogen and oxygen atoms in total. The molecule has 0 N–H and O–H groups in total. The summed E-state index contributed by atoms with van der Waals surface area (Å²) in [5.41, 5.74) is 1.35. The molecule has 2 aromatic heterocycles. The molecule has 0 spiro atoms. The first-order chi connectivity index (χ1) is 12.0. The molecule has 0 aliphatic heterocycles. The van der Waals surface area contributed by atoms with Crippen LogP contribution in [0.5, 0.6) is 0 Å². The lowest BCUT2D eigenvalue weighted by Crippen LogP contribution is -2.13. The van der Waals surface area contributed by atoms with Gasteiger partial charge in [0.15, 0.2) is 0 Å². The fourth-order valence-corrected chi connectivity index (χ4v) is 3.01. The van der Waals surface area contributed by atoms with Crippen LogP contribution in [0.2, 0.25) is 10.0 Å². The van der Waals surface area contributed by atoms with Crippen LogP contribution in [-0.4, -0.2) is 28.0 Å². The first kappa shape index (κ1) is 17.5. The molecule has 0 saturated heterocycles. The zero-order valence-corrected chi connectivity index (χ0v) is 14.8. The van der Waals surface area contributed by atoms with Gasteiger partial charge in [-0.3, -0.25) is 9.36 Å². The molecule has 0 fully saturated rings. The standard InChI is InChI=1S/C18H14Cl2N2O3/c1-2-25-18(24)14-10-22(17-13(14)4-3-7-21-17)16(23)8-11-5-6-12(19)9-15(11)20/h3-7,9-10H,2,8H2,1H3. The van der Waals surface area contributed by atoms with Crippen LogP contribution in [0.4, 0.5) is 0 Å². The minimum absolute atomic E-state index is 0.0542. The number of carbonyl (C=O) groups is 2. The highest BCUT2D eigenvalue weighted by Gasteiger charge is 2.20. The number of hydrogen-bond donors (Lipinski definition) is 0. The predicted molar refractivity (Wildman–Crippen MR) is 96.5 cm³/mol. The quantitative estimate of drug-likeness (QED) is 0.633. The number of carbonyl (C=O) groups excluding carboxylic acids is 2. The summed E-state index contributed by atoms with van der Waals surface area (Å²) < 4.78 is 6.41. The summed E-state index contributed by atoms with van der Waals surface area (Å²) in [4.78, 5) is 29.1. The Hall–Kier alpha value is -2.37. The Morgan fingerprint density at radius 1 is 1.24 bits per heavy atom. The Balaban J connectivity index is 2.00. The number of fused-ring (bicyclic) bond motifs is 1. The minimum atomic E-state index is -0.489. The van der Waals surface area contributed by atoms with Crippen LogP contribution < -0.4 is 0 Å². The molecule has 0 unspecified atom stereocenters. The van der Waals surface area contributed by atoms with Gasteiger partial charge in [-0.2, -0.15) is 0 Å². The maximum absolute atomic E-state index is 12.7. The summed E-state index contributed by atoms with van der Waals surface area (Å²) in [5, 5.41) is 1.48. The number of ether oxygens (including phenoxy) is 1. The second-order valence-corrected chi connectivity index (χ2v) is 6.16. The highest BCUT2D eigenvalue weighted by Crippen LogP contribution is 2.24. The SMILES string of the molecule is CCOC(=O)c1cn(C(=O)Cc2ccc(Cl)cc2Cl)c2ncccc12. The highest BCUT2D eigenvalue weighted by atomic mass is 35.5. The third-order valence-electron chi connectivity index (χ3n) is 3.68. The molecular formula is C18H14Cl2N2O3. The number of halogens is 2. The normalized spacial score (nSPS) is 10.8. The molecule has 2 heterocycles. The highest BCUT2D eigenvalue weighted by molar-refractivity contribution is 6.35. The van der Waals surface area contributed by atoms with Gasteiger partial charge in [-0.05, 0) is 36.8 Å². The van der Waals surface area contributed by atoms with Crippen LogP contribution in [0, 0.1) is 0 Å². The van der Waals surface area contributed by atoms with Crippen molar-refractivity contribution in [3.8, 4) is 0 Å². The molecule has 0 amide bonds. The molecular weight excluding hydrogens is 363 g/mol. The third kappa shape index (κ3) is 3.52. The number of nitrogens with zero attached hydrogens (tertiary/aromatic N) is 2. The van der Waals surface area contributed by atoms with Crippen molar-refractivity contribution in [3.05, 3.63) is 63.9 Å². The van der Waals surface area contributed by atoms with Crippen LogP contribution in [0.3, 0.4) is 0 Å². The van der Waals surface area contributed by atoms with E-state index in [2.05, 4.69) is 4.98 Å². The molecule has 3 aromatic rings. The van der Waals surface area contributed by atoms with E-state index in [1.807, 2.05) is 0 Å². The van der Waals surface area contributed by atoms with Crippen molar-refractivity contribution < 1.29 is 14.3 Å². The van der Waals surface area contributed by atoms with Crippen LogP contribution in [0.15, 0.2) is 42.7 Å². The summed E-state index contributed by atoms with van der Waals surface area (Å²) in [6, 6.07) is 8.39. The fourth-order valence-electron chi connectivity index (χ4n) is 2.53. The van der Waals surface area contributed by atoms with Crippen molar-refractivity contribution >= 4 is 46.1 Å². The van der Waals surface area contributed by atoms with Gasteiger partial charge in [0.2, 0.25) is 5.91 Å². The zero-order chi connectivity index (χ0) is 18.0. The summed E-state index contributed by atoms with van der Waals surface area (Å²) in [6.07, 6.45) is 3.08. The average molecular weight is 377 g/mol. The van der Waals surface area contributed by atoms with Crippen LogP contribution >= 0.6 is 23.2 Å². The van der Waals surface area contributed by atoms with Crippen LogP contribution in [0.25, 0.3) is 11.0 Å². The van der Waals surface area contributed by atoms with E-state index in [4.69, 9.17) is 27.9 Å². The summed E-state index contributed by atoms with van der Waals surface area (Å²) >= 11 is 12.0. The van der Waals surface area contributed by atoms with Crippen molar-refractivity contribution in [2.75, 3.05) is 6.61 Å². The molecule has 0 bridgehead atoms. The average Bonchev–Trinajstić information content (AvgIpc) is 2.97. The van der Waals surface area contributed by atoms with Crippen molar-refractivity contribution in [2.24, 2.45) is 0 Å². The Bertz CT molecular complexity index is 966. The molecule has 3 rings (SSSR count).